The van der Waals surface area contributed by atoms with Gasteiger partial charge in [0, 0.05) is 30.3 Å². The Labute approximate surface area is 131 Å². The molecule has 1 fully saturated rings. The van der Waals surface area contributed by atoms with Crippen molar-refractivity contribution in [1.82, 2.24) is 9.97 Å². The molecule has 0 saturated carbocycles. The van der Waals surface area contributed by atoms with Crippen molar-refractivity contribution in [3.8, 4) is 0 Å². The van der Waals surface area contributed by atoms with E-state index in [1.165, 1.54) is 5.56 Å². The maximum absolute atomic E-state index is 13.1. The molecule has 1 aliphatic heterocycles. The van der Waals surface area contributed by atoms with E-state index >= 15 is 0 Å². The van der Waals surface area contributed by atoms with Gasteiger partial charge in [-0.25, -0.2) is 14.4 Å². The van der Waals surface area contributed by atoms with Gasteiger partial charge in [0.15, 0.2) is 0 Å². The van der Waals surface area contributed by atoms with Gasteiger partial charge in [0.25, 0.3) is 0 Å². The van der Waals surface area contributed by atoms with Crippen LogP contribution in [0.3, 0.4) is 0 Å². The second-order valence-corrected chi connectivity index (χ2v) is 6.10. The van der Waals surface area contributed by atoms with Gasteiger partial charge in [-0.15, -0.1) is 0 Å². The first-order valence-electron chi connectivity index (χ1n) is 7.93. The van der Waals surface area contributed by atoms with Crippen LogP contribution in [0, 0.1) is 12.7 Å². The van der Waals surface area contributed by atoms with Crippen molar-refractivity contribution in [3.05, 3.63) is 53.2 Å². The van der Waals surface area contributed by atoms with E-state index in [-0.39, 0.29) is 5.82 Å². The van der Waals surface area contributed by atoms with E-state index in [9.17, 15) is 4.39 Å². The highest BCUT2D eigenvalue weighted by Gasteiger charge is 2.31. The first kappa shape index (κ1) is 14.9. The highest BCUT2D eigenvalue weighted by atomic mass is 19.1. The van der Waals surface area contributed by atoms with Gasteiger partial charge in [-0.05, 0) is 44.4 Å². The Bertz CT molecular complexity index is 654. The minimum atomic E-state index is -0.175. The number of benzene rings is 1. The summed E-state index contributed by atoms with van der Waals surface area (Å²) in [5.41, 5.74) is 2.29. The third-order valence-corrected chi connectivity index (χ3v) is 4.45. The summed E-state index contributed by atoms with van der Waals surface area (Å²) < 4.78 is 13.1. The van der Waals surface area contributed by atoms with Crippen molar-refractivity contribution in [3.63, 3.8) is 0 Å². The summed E-state index contributed by atoms with van der Waals surface area (Å²) in [4.78, 5) is 11.4. The average molecular weight is 299 g/mol. The van der Waals surface area contributed by atoms with Crippen LogP contribution >= 0.6 is 0 Å². The van der Waals surface area contributed by atoms with Gasteiger partial charge in [0.2, 0.25) is 0 Å². The molecule has 3 nitrogen and oxygen atoms in total. The van der Waals surface area contributed by atoms with E-state index < -0.39 is 0 Å². The number of aromatic nitrogens is 2. The molecule has 0 amide bonds. The van der Waals surface area contributed by atoms with Crippen LogP contribution in [0.15, 0.2) is 30.3 Å². The normalized spacial score (nSPS) is 21.4. The lowest BCUT2D eigenvalue weighted by Gasteiger charge is -2.23. The van der Waals surface area contributed by atoms with Crippen molar-refractivity contribution in [2.24, 2.45) is 0 Å². The van der Waals surface area contributed by atoms with Crippen molar-refractivity contribution in [2.45, 2.75) is 45.6 Å². The fourth-order valence-corrected chi connectivity index (χ4v) is 3.27. The minimum Gasteiger partial charge on any atom is -0.353 e. The van der Waals surface area contributed by atoms with E-state index in [2.05, 4.69) is 34.8 Å². The summed E-state index contributed by atoms with van der Waals surface area (Å²) in [6.07, 6.45) is 1.98. The van der Waals surface area contributed by atoms with E-state index in [0.29, 0.717) is 12.0 Å². The summed E-state index contributed by atoms with van der Waals surface area (Å²) in [5.74, 6) is 2.09. The second-order valence-electron chi connectivity index (χ2n) is 6.10. The predicted molar refractivity (Wildman–Crippen MR) is 86.7 cm³/mol. The van der Waals surface area contributed by atoms with Crippen LogP contribution in [0.1, 0.15) is 43.3 Å². The van der Waals surface area contributed by atoms with Crippen molar-refractivity contribution < 1.29 is 4.39 Å². The standard InChI is InChI=1S/C18H22FN3/c1-4-17-10-18(21-13(3)20-17)22-11-15(9-12(22)2)14-5-7-16(19)8-6-14/h5-8,10,12,15H,4,9,11H2,1-3H3. The number of aryl methyl sites for hydroxylation is 2. The molecule has 1 aromatic heterocycles. The molecule has 0 aliphatic carbocycles. The van der Waals surface area contributed by atoms with E-state index in [4.69, 9.17) is 0 Å². The lowest BCUT2D eigenvalue weighted by molar-refractivity contribution is 0.625. The molecule has 1 aliphatic rings. The van der Waals surface area contributed by atoms with Gasteiger partial charge < -0.3 is 4.90 Å². The third-order valence-electron chi connectivity index (χ3n) is 4.45. The fourth-order valence-electron chi connectivity index (χ4n) is 3.27. The maximum Gasteiger partial charge on any atom is 0.132 e. The van der Waals surface area contributed by atoms with Gasteiger partial charge in [-0.2, -0.15) is 0 Å². The van der Waals surface area contributed by atoms with Crippen molar-refractivity contribution in [2.75, 3.05) is 11.4 Å². The number of hydrogen-bond acceptors (Lipinski definition) is 3. The Hall–Kier alpha value is -1.97. The quantitative estimate of drug-likeness (QED) is 0.861. The number of rotatable bonds is 3. The van der Waals surface area contributed by atoms with Gasteiger partial charge in [-0.3, -0.25) is 0 Å². The molecule has 2 atom stereocenters. The SMILES string of the molecule is CCc1cc(N2CC(c3ccc(F)cc3)CC2C)nc(C)n1. The monoisotopic (exact) mass is 299 g/mol. The van der Waals surface area contributed by atoms with E-state index in [1.807, 2.05) is 19.1 Å². The van der Waals surface area contributed by atoms with Crippen LogP contribution in [-0.2, 0) is 6.42 Å². The Morgan fingerprint density at radius 2 is 1.95 bits per heavy atom. The molecule has 4 heteroatoms. The fraction of sp³-hybridized carbons (Fsp3) is 0.444. The second kappa shape index (κ2) is 6.03. The molecule has 0 N–H and O–H groups in total. The smallest absolute Gasteiger partial charge is 0.132 e. The lowest BCUT2D eigenvalue weighted by atomic mass is 9.97. The summed E-state index contributed by atoms with van der Waals surface area (Å²) in [7, 11) is 0. The Morgan fingerprint density at radius 3 is 2.64 bits per heavy atom. The number of halogens is 1. The zero-order valence-electron chi connectivity index (χ0n) is 13.4. The van der Waals surface area contributed by atoms with Crippen LogP contribution < -0.4 is 4.90 Å². The molecule has 22 heavy (non-hydrogen) atoms. The molecule has 2 unspecified atom stereocenters. The molecule has 0 bridgehead atoms. The van der Waals surface area contributed by atoms with Crippen LogP contribution in [0.4, 0.5) is 10.2 Å². The van der Waals surface area contributed by atoms with E-state index in [1.54, 1.807) is 12.1 Å². The largest absolute Gasteiger partial charge is 0.353 e. The highest BCUT2D eigenvalue weighted by Crippen LogP contribution is 2.34. The zero-order chi connectivity index (χ0) is 15.7. The zero-order valence-corrected chi connectivity index (χ0v) is 13.4. The molecule has 116 valence electrons. The first-order chi connectivity index (χ1) is 10.6. The Balaban J connectivity index is 1.84. The molecular formula is C18H22FN3. The van der Waals surface area contributed by atoms with Crippen LogP contribution in [0.25, 0.3) is 0 Å². The predicted octanol–water partition coefficient (Wildman–Crippen LogP) is 3.87. The Morgan fingerprint density at radius 1 is 1.23 bits per heavy atom. The molecule has 2 heterocycles. The summed E-state index contributed by atoms with van der Waals surface area (Å²) in [6, 6.07) is 9.42. The third kappa shape index (κ3) is 2.96. The molecule has 0 spiro atoms. The first-order valence-corrected chi connectivity index (χ1v) is 7.93. The van der Waals surface area contributed by atoms with E-state index in [0.717, 1.165) is 36.7 Å². The minimum absolute atomic E-state index is 0.175. The number of anilines is 1. The van der Waals surface area contributed by atoms with Gasteiger partial charge in [0.05, 0.1) is 0 Å². The van der Waals surface area contributed by atoms with Gasteiger partial charge in [-0.1, -0.05) is 19.1 Å². The molecule has 2 aromatic rings. The van der Waals surface area contributed by atoms with Crippen LogP contribution in [-0.4, -0.2) is 22.6 Å². The van der Waals surface area contributed by atoms with Gasteiger partial charge >= 0.3 is 0 Å². The topological polar surface area (TPSA) is 29.0 Å². The summed E-state index contributed by atoms with van der Waals surface area (Å²) in [5, 5.41) is 0. The molecule has 0 radical (unpaired) electrons. The number of hydrogen-bond donors (Lipinski definition) is 0. The lowest BCUT2D eigenvalue weighted by Crippen LogP contribution is -2.28. The van der Waals surface area contributed by atoms with Crippen LogP contribution in [0.5, 0.6) is 0 Å². The van der Waals surface area contributed by atoms with Crippen LogP contribution in [0.2, 0.25) is 0 Å². The maximum atomic E-state index is 13.1. The highest BCUT2D eigenvalue weighted by molar-refractivity contribution is 5.44. The summed E-state index contributed by atoms with van der Waals surface area (Å²) in [6.45, 7) is 7.21. The van der Waals surface area contributed by atoms with Crippen molar-refractivity contribution in [1.29, 1.82) is 0 Å². The average Bonchev–Trinajstić information content (AvgIpc) is 2.89. The molecular weight excluding hydrogens is 277 g/mol. The van der Waals surface area contributed by atoms with Gasteiger partial charge in [0.1, 0.15) is 17.5 Å². The number of nitrogens with zero attached hydrogens (tertiary/aromatic N) is 3. The Kier molecular flexibility index (Phi) is 4.10. The van der Waals surface area contributed by atoms with Crippen molar-refractivity contribution >= 4 is 5.82 Å². The molecule has 3 rings (SSSR count). The molecule has 1 aromatic carbocycles. The molecule has 1 saturated heterocycles. The summed E-state index contributed by atoms with van der Waals surface area (Å²) >= 11 is 0.